The van der Waals surface area contributed by atoms with Crippen LogP contribution in [0.15, 0.2) is 0 Å². The Morgan fingerprint density at radius 3 is 1.14 bits per heavy atom. The first-order valence-electron chi connectivity index (χ1n) is 16.0. The van der Waals surface area contributed by atoms with E-state index in [0.29, 0.717) is 96.9 Å². The molecule has 238 valence electrons. The lowest BCUT2D eigenvalue weighted by Gasteiger charge is -2.36. The lowest BCUT2D eigenvalue weighted by atomic mass is 10.0. The molecule has 0 unspecified atom stereocenters. The quantitative estimate of drug-likeness (QED) is 0.411. The molecule has 0 aliphatic carbocycles. The molecule has 0 saturated carbocycles. The first-order chi connectivity index (χ1) is 20.5. The molecular weight excluding hydrogens is 556 g/mol. The standard InChI is InChI=1S/C30H46N6O7/c1-18(2)24(31)29(41)35-16-6-11-22(35)27(39)33-14-4-9-20(33)25(37)32-13-3-8-19(32)26(38)34-15-5-10-21(34)28(40)36-17-7-12-23(36)30(42)43/h18-24H,3-17,31H2,1-2H3,(H,42,43)/t19-,20-,21-,22-,23-,24-/m0/s1. The summed E-state index contributed by atoms with van der Waals surface area (Å²) in [5.41, 5.74) is 6.13. The molecule has 43 heavy (non-hydrogen) atoms. The normalized spacial score (nSPS) is 30.0. The molecule has 5 fully saturated rings. The maximum atomic E-state index is 14.0. The highest BCUT2D eigenvalue weighted by atomic mass is 16.4. The molecule has 0 aromatic heterocycles. The number of rotatable bonds is 7. The predicted octanol–water partition coefficient (Wildman–Crippen LogP) is 0.00930. The van der Waals surface area contributed by atoms with Crippen molar-refractivity contribution in [3.05, 3.63) is 0 Å². The van der Waals surface area contributed by atoms with Crippen LogP contribution in [0.5, 0.6) is 0 Å². The second-order valence-corrected chi connectivity index (χ2v) is 13.1. The van der Waals surface area contributed by atoms with Crippen LogP contribution in [0.2, 0.25) is 0 Å². The zero-order valence-electron chi connectivity index (χ0n) is 25.4. The van der Waals surface area contributed by atoms with Gasteiger partial charge in [0, 0.05) is 32.7 Å². The highest BCUT2D eigenvalue weighted by Gasteiger charge is 2.49. The maximum Gasteiger partial charge on any atom is 0.326 e. The van der Waals surface area contributed by atoms with Crippen molar-refractivity contribution in [3.8, 4) is 0 Å². The van der Waals surface area contributed by atoms with Gasteiger partial charge in [0.15, 0.2) is 0 Å². The Morgan fingerprint density at radius 1 is 0.535 bits per heavy atom. The Kier molecular flexibility index (Phi) is 9.29. The molecule has 0 bridgehead atoms. The van der Waals surface area contributed by atoms with Gasteiger partial charge in [-0.25, -0.2) is 4.79 Å². The Bertz CT molecular complexity index is 1150. The number of hydrogen-bond donors (Lipinski definition) is 2. The number of carboxylic acids is 1. The van der Waals surface area contributed by atoms with Gasteiger partial charge < -0.3 is 35.3 Å². The number of nitrogens with zero attached hydrogens (tertiary/aromatic N) is 5. The molecule has 0 aromatic rings. The summed E-state index contributed by atoms with van der Waals surface area (Å²) < 4.78 is 0. The van der Waals surface area contributed by atoms with E-state index in [0.717, 1.165) is 0 Å². The van der Waals surface area contributed by atoms with Crippen molar-refractivity contribution in [3.63, 3.8) is 0 Å². The summed E-state index contributed by atoms with van der Waals surface area (Å²) in [6, 6.07) is -4.35. The summed E-state index contributed by atoms with van der Waals surface area (Å²) >= 11 is 0. The SMILES string of the molecule is CC(C)[C@H](N)C(=O)N1CCC[C@H]1C(=O)N1CCC[C@H]1C(=O)N1CCC[C@H]1C(=O)N1CCC[C@H]1C(=O)N1CCC[C@H]1C(=O)O. The fourth-order valence-electron chi connectivity index (χ4n) is 7.68. The number of likely N-dealkylation sites (tertiary alicyclic amines) is 5. The summed E-state index contributed by atoms with van der Waals surface area (Å²) in [4.78, 5) is 87.5. The zero-order valence-corrected chi connectivity index (χ0v) is 25.4. The fourth-order valence-corrected chi connectivity index (χ4v) is 7.68. The lowest BCUT2D eigenvalue weighted by molar-refractivity contribution is -0.155. The average molecular weight is 603 g/mol. The summed E-state index contributed by atoms with van der Waals surface area (Å²) in [6.07, 6.45) is 5.61. The van der Waals surface area contributed by atoms with Crippen molar-refractivity contribution in [2.24, 2.45) is 11.7 Å². The summed E-state index contributed by atoms with van der Waals surface area (Å²) in [7, 11) is 0. The molecule has 13 heteroatoms. The van der Waals surface area contributed by atoms with Gasteiger partial charge in [-0.2, -0.15) is 0 Å². The van der Waals surface area contributed by atoms with Crippen LogP contribution in [0.1, 0.15) is 78.1 Å². The molecule has 0 radical (unpaired) electrons. The van der Waals surface area contributed by atoms with Crippen LogP contribution in [0.4, 0.5) is 0 Å². The van der Waals surface area contributed by atoms with Gasteiger partial charge in [-0.15, -0.1) is 0 Å². The predicted molar refractivity (Wildman–Crippen MR) is 154 cm³/mol. The first-order valence-corrected chi connectivity index (χ1v) is 16.0. The second kappa shape index (κ2) is 12.8. The minimum atomic E-state index is -1.03. The molecule has 5 heterocycles. The third kappa shape index (κ3) is 5.84. The van der Waals surface area contributed by atoms with Crippen molar-refractivity contribution in [2.45, 2.75) is 114 Å². The van der Waals surface area contributed by atoms with Crippen LogP contribution in [-0.2, 0) is 28.8 Å². The maximum absolute atomic E-state index is 14.0. The number of amides is 5. The van der Waals surface area contributed by atoms with E-state index in [4.69, 9.17) is 5.73 Å². The smallest absolute Gasteiger partial charge is 0.326 e. The van der Waals surface area contributed by atoms with E-state index in [1.54, 1.807) is 19.6 Å². The van der Waals surface area contributed by atoms with Gasteiger partial charge in [-0.05, 0) is 70.1 Å². The topological polar surface area (TPSA) is 165 Å². The zero-order chi connectivity index (χ0) is 31.0. The van der Waals surface area contributed by atoms with Crippen LogP contribution < -0.4 is 5.73 Å². The van der Waals surface area contributed by atoms with Gasteiger partial charge in [0.05, 0.1) is 6.04 Å². The summed E-state index contributed by atoms with van der Waals surface area (Å²) in [5.74, 6) is -2.43. The third-order valence-electron chi connectivity index (χ3n) is 10.1. The number of aliphatic carboxylic acids is 1. The van der Waals surface area contributed by atoms with Crippen LogP contribution in [0.25, 0.3) is 0 Å². The van der Waals surface area contributed by atoms with Crippen molar-refractivity contribution < 1.29 is 33.9 Å². The van der Waals surface area contributed by atoms with E-state index in [2.05, 4.69) is 0 Å². The van der Waals surface area contributed by atoms with Crippen LogP contribution >= 0.6 is 0 Å². The average Bonchev–Trinajstić information content (AvgIpc) is 3.82. The Morgan fingerprint density at radius 2 is 0.814 bits per heavy atom. The van der Waals surface area contributed by atoms with Gasteiger partial charge >= 0.3 is 5.97 Å². The van der Waals surface area contributed by atoms with Crippen LogP contribution in [0, 0.1) is 5.92 Å². The lowest BCUT2D eigenvalue weighted by Crippen LogP contribution is -2.58. The molecule has 0 spiro atoms. The Balaban J connectivity index is 1.27. The van der Waals surface area contributed by atoms with Gasteiger partial charge in [0.2, 0.25) is 29.5 Å². The third-order valence-corrected chi connectivity index (χ3v) is 10.1. The Labute approximate surface area is 252 Å². The van der Waals surface area contributed by atoms with E-state index in [-0.39, 0.29) is 35.5 Å². The number of carbonyl (C=O) groups is 6. The van der Waals surface area contributed by atoms with Crippen molar-refractivity contribution >= 4 is 35.5 Å². The molecule has 0 aromatic carbocycles. The van der Waals surface area contributed by atoms with E-state index in [9.17, 15) is 33.9 Å². The molecule has 5 amide bonds. The van der Waals surface area contributed by atoms with Gasteiger partial charge in [0.1, 0.15) is 30.2 Å². The monoisotopic (exact) mass is 602 g/mol. The van der Waals surface area contributed by atoms with Gasteiger partial charge in [-0.1, -0.05) is 13.8 Å². The van der Waals surface area contributed by atoms with Crippen LogP contribution in [-0.4, -0.2) is 134 Å². The van der Waals surface area contributed by atoms with E-state index in [1.165, 1.54) is 4.90 Å². The highest BCUT2D eigenvalue weighted by Crippen LogP contribution is 2.31. The van der Waals surface area contributed by atoms with Gasteiger partial charge in [-0.3, -0.25) is 24.0 Å². The minimum absolute atomic E-state index is 0.0611. The molecule has 5 aliphatic heterocycles. The summed E-state index contributed by atoms with van der Waals surface area (Å²) in [6.45, 7) is 5.77. The van der Waals surface area contributed by atoms with Crippen molar-refractivity contribution in [1.29, 1.82) is 0 Å². The van der Waals surface area contributed by atoms with Crippen molar-refractivity contribution in [1.82, 2.24) is 24.5 Å². The van der Waals surface area contributed by atoms with Crippen LogP contribution in [0.3, 0.4) is 0 Å². The van der Waals surface area contributed by atoms with Crippen molar-refractivity contribution in [2.75, 3.05) is 32.7 Å². The molecule has 13 nitrogen and oxygen atoms in total. The van der Waals surface area contributed by atoms with E-state index >= 15 is 0 Å². The van der Waals surface area contributed by atoms with E-state index in [1.807, 2.05) is 13.8 Å². The minimum Gasteiger partial charge on any atom is -0.480 e. The highest BCUT2D eigenvalue weighted by molar-refractivity contribution is 5.97. The molecule has 3 N–H and O–H groups in total. The molecule has 5 saturated heterocycles. The summed E-state index contributed by atoms with van der Waals surface area (Å²) in [5, 5.41) is 9.57. The molecule has 6 atom stereocenters. The number of carbonyl (C=O) groups excluding carboxylic acids is 5. The fraction of sp³-hybridized carbons (Fsp3) is 0.800. The number of carboxylic acid groups (broad SMARTS) is 1. The molecule has 5 aliphatic rings. The number of nitrogens with two attached hydrogens (primary N) is 1. The molecular formula is C30H46N6O7. The molecule has 5 rings (SSSR count). The first kappa shape index (κ1) is 31.2. The number of hydrogen-bond acceptors (Lipinski definition) is 7. The Hall–Kier alpha value is -3.22. The largest absolute Gasteiger partial charge is 0.480 e. The second-order valence-electron chi connectivity index (χ2n) is 13.1. The van der Waals surface area contributed by atoms with Gasteiger partial charge in [0.25, 0.3) is 0 Å². The van der Waals surface area contributed by atoms with E-state index < -0.39 is 42.2 Å².